The van der Waals surface area contributed by atoms with E-state index < -0.39 is 12.1 Å². The molecule has 1 aliphatic carbocycles. The van der Waals surface area contributed by atoms with E-state index in [1.165, 1.54) is 11.3 Å². The zero-order chi connectivity index (χ0) is 16.4. The molecule has 1 saturated carbocycles. The second-order valence-electron chi connectivity index (χ2n) is 5.78. The van der Waals surface area contributed by atoms with Crippen molar-refractivity contribution in [3.63, 3.8) is 0 Å². The first-order valence-electron chi connectivity index (χ1n) is 7.74. The largest absolute Gasteiger partial charge is 0.448 e. The fourth-order valence-electron chi connectivity index (χ4n) is 2.80. The molecule has 0 aliphatic heterocycles. The van der Waals surface area contributed by atoms with E-state index in [9.17, 15) is 9.59 Å². The summed E-state index contributed by atoms with van der Waals surface area (Å²) in [7, 11) is 0. The summed E-state index contributed by atoms with van der Waals surface area (Å²) < 4.78 is 6.22. The molecule has 0 spiro atoms. The summed E-state index contributed by atoms with van der Waals surface area (Å²) in [5.41, 5.74) is 0. The maximum Gasteiger partial charge on any atom is 0.350 e. The lowest BCUT2D eigenvalue weighted by Gasteiger charge is -2.16. The molecular formula is C17H18ClNO3S. The molecule has 1 amide bonds. The van der Waals surface area contributed by atoms with Gasteiger partial charge >= 0.3 is 5.97 Å². The first-order valence-corrected chi connectivity index (χ1v) is 8.94. The minimum Gasteiger partial charge on any atom is -0.448 e. The Bertz CT molecular complexity index is 737. The smallest absolute Gasteiger partial charge is 0.350 e. The molecule has 0 unspecified atom stereocenters. The quantitative estimate of drug-likeness (QED) is 0.841. The number of hydrogen-bond donors (Lipinski definition) is 1. The summed E-state index contributed by atoms with van der Waals surface area (Å²) in [4.78, 5) is 24.8. The van der Waals surface area contributed by atoms with Crippen molar-refractivity contribution in [2.75, 3.05) is 0 Å². The number of esters is 1. The fraction of sp³-hybridized carbons (Fsp3) is 0.412. The number of hydrogen-bond acceptors (Lipinski definition) is 4. The van der Waals surface area contributed by atoms with Gasteiger partial charge in [-0.15, -0.1) is 11.3 Å². The normalized spacial score (nSPS) is 16.4. The first kappa shape index (κ1) is 16.3. The van der Waals surface area contributed by atoms with E-state index >= 15 is 0 Å². The van der Waals surface area contributed by atoms with Crippen LogP contribution in [0.2, 0.25) is 5.02 Å². The van der Waals surface area contributed by atoms with Gasteiger partial charge in [-0.3, -0.25) is 4.79 Å². The van der Waals surface area contributed by atoms with Crippen LogP contribution in [0.5, 0.6) is 0 Å². The van der Waals surface area contributed by atoms with Crippen molar-refractivity contribution >= 4 is 44.9 Å². The summed E-state index contributed by atoms with van der Waals surface area (Å²) in [6.45, 7) is 1.59. The standard InChI is InChI=1S/C17H18ClNO3S/c1-10(16(20)19-11-6-2-3-7-11)22-17(21)15-14(18)12-8-4-5-9-13(12)23-15/h4-5,8-11H,2-3,6-7H2,1H3,(H,19,20)/t10-/m1/s1. The monoisotopic (exact) mass is 351 g/mol. The molecular weight excluding hydrogens is 334 g/mol. The molecule has 2 aromatic rings. The van der Waals surface area contributed by atoms with Gasteiger partial charge in [0.15, 0.2) is 6.10 Å². The van der Waals surface area contributed by atoms with E-state index in [0.717, 1.165) is 35.8 Å². The molecule has 1 atom stereocenters. The molecule has 0 saturated heterocycles. The number of ether oxygens (including phenoxy) is 1. The number of nitrogens with one attached hydrogen (secondary N) is 1. The van der Waals surface area contributed by atoms with E-state index in [1.54, 1.807) is 6.92 Å². The SMILES string of the molecule is C[C@@H](OC(=O)c1sc2ccccc2c1Cl)C(=O)NC1CCCC1. The molecule has 23 heavy (non-hydrogen) atoms. The third-order valence-corrected chi connectivity index (χ3v) is 5.73. The average Bonchev–Trinajstić information content (AvgIpc) is 3.16. The number of fused-ring (bicyclic) bond motifs is 1. The Labute approximate surface area is 143 Å². The Morgan fingerprint density at radius 1 is 1.30 bits per heavy atom. The van der Waals surface area contributed by atoms with Crippen molar-refractivity contribution < 1.29 is 14.3 Å². The second-order valence-corrected chi connectivity index (χ2v) is 7.21. The zero-order valence-corrected chi connectivity index (χ0v) is 14.4. The van der Waals surface area contributed by atoms with Crippen LogP contribution in [0, 0.1) is 0 Å². The highest BCUT2D eigenvalue weighted by Gasteiger charge is 2.25. The number of benzene rings is 1. The Hall–Kier alpha value is -1.59. The number of halogens is 1. The lowest BCUT2D eigenvalue weighted by molar-refractivity contribution is -0.129. The van der Waals surface area contributed by atoms with E-state index in [1.807, 2.05) is 24.3 Å². The van der Waals surface area contributed by atoms with Crippen LogP contribution in [0.3, 0.4) is 0 Å². The number of amides is 1. The zero-order valence-electron chi connectivity index (χ0n) is 12.8. The molecule has 4 nitrogen and oxygen atoms in total. The van der Waals surface area contributed by atoms with Gasteiger partial charge in [-0.2, -0.15) is 0 Å². The molecule has 1 aromatic heterocycles. The number of carbonyl (C=O) groups excluding carboxylic acids is 2. The third kappa shape index (κ3) is 3.51. The first-order chi connectivity index (χ1) is 11.1. The molecule has 122 valence electrons. The van der Waals surface area contributed by atoms with Crippen LogP contribution in [0.4, 0.5) is 0 Å². The van der Waals surface area contributed by atoms with Crippen molar-refractivity contribution in [1.29, 1.82) is 0 Å². The summed E-state index contributed by atoms with van der Waals surface area (Å²) in [6.07, 6.45) is 3.43. The topological polar surface area (TPSA) is 55.4 Å². The van der Waals surface area contributed by atoms with Gasteiger partial charge in [0, 0.05) is 16.1 Å². The Kier molecular flexibility index (Phi) is 4.87. The van der Waals surface area contributed by atoms with Crippen LogP contribution >= 0.6 is 22.9 Å². The number of rotatable bonds is 4. The fourth-order valence-corrected chi connectivity index (χ4v) is 4.19. The van der Waals surface area contributed by atoms with Gasteiger partial charge in [0.2, 0.25) is 0 Å². The van der Waals surface area contributed by atoms with Gasteiger partial charge in [-0.05, 0) is 25.8 Å². The Morgan fingerprint density at radius 2 is 2.00 bits per heavy atom. The maximum atomic E-state index is 12.3. The van der Waals surface area contributed by atoms with Crippen molar-refractivity contribution in [2.45, 2.75) is 44.8 Å². The van der Waals surface area contributed by atoms with Gasteiger partial charge in [0.25, 0.3) is 5.91 Å². The molecule has 1 heterocycles. The van der Waals surface area contributed by atoms with Gasteiger partial charge in [-0.25, -0.2) is 4.79 Å². The number of thiophene rings is 1. The minimum absolute atomic E-state index is 0.205. The van der Waals surface area contributed by atoms with Crippen molar-refractivity contribution in [3.8, 4) is 0 Å². The lowest BCUT2D eigenvalue weighted by Crippen LogP contribution is -2.40. The van der Waals surface area contributed by atoms with Crippen molar-refractivity contribution in [1.82, 2.24) is 5.32 Å². The van der Waals surface area contributed by atoms with Gasteiger partial charge in [0.1, 0.15) is 4.88 Å². The van der Waals surface area contributed by atoms with Crippen LogP contribution < -0.4 is 5.32 Å². The highest BCUT2D eigenvalue weighted by atomic mass is 35.5. The minimum atomic E-state index is -0.829. The molecule has 1 aromatic carbocycles. The van der Waals surface area contributed by atoms with Crippen LogP contribution in [0.15, 0.2) is 24.3 Å². The predicted molar refractivity (Wildman–Crippen MR) is 92.1 cm³/mol. The maximum absolute atomic E-state index is 12.3. The lowest BCUT2D eigenvalue weighted by atomic mass is 10.2. The van der Waals surface area contributed by atoms with Gasteiger partial charge in [-0.1, -0.05) is 42.6 Å². The number of carbonyl (C=O) groups is 2. The van der Waals surface area contributed by atoms with Gasteiger partial charge < -0.3 is 10.1 Å². The highest BCUT2D eigenvalue weighted by Crippen LogP contribution is 2.35. The van der Waals surface area contributed by atoms with E-state index in [0.29, 0.717) is 9.90 Å². The van der Waals surface area contributed by atoms with E-state index in [2.05, 4.69) is 5.32 Å². The molecule has 0 bridgehead atoms. The van der Waals surface area contributed by atoms with Crippen LogP contribution in [0.1, 0.15) is 42.3 Å². The Morgan fingerprint density at radius 3 is 2.70 bits per heavy atom. The van der Waals surface area contributed by atoms with E-state index in [-0.39, 0.29) is 11.9 Å². The summed E-state index contributed by atoms with van der Waals surface area (Å²) in [6, 6.07) is 7.73. The van der Waals surface area contributed by atoms with Gasteiger partial charge in [0.05, 0.1) is 5.02 Å². The molecule has 3 rings (SSSR count). The van der Waals surface area contributed by atoms with E-state index in [4.69, 9.17) is 16.3 Å². The summed E-state index contributed by atoms with van der Waals surface area (Å²) in [5.74, 6) is -0.798. The molecule has 1 fully saturated rings. The van der Waals surface area contributed by atoms with Crippen LogP contribution in [-0.2, 0) is 9.53 Å². The summed E-state index contributed by atoms with van der Waals surface area (Å²) in [5, 5.41) is 4.15. The second kappa shape index (κ2) is 6.89. The predicted octanol–water partition coefficient (Wildman–Crippen LogP) is 4.16. The average molecular weight is 352 g/mol. The third-order valence-electron chi connectivity index (χ3n) is 4.07. The van der Waals surface area contributed by atoms with Crippen molar-refractivity contribution in [3.05, 3.63) is 34.2 Å². The highest BCUT2D eigenvalue weighted by molar-refractivity contribution is 7.21. The van der Waals surface area contributed by atoms with Crippen LogP contribution in [0.25, 0.3) is 10.1 Å². The molecule has 6 heteroatoms. The molecule has 1 N–H and O–H groups in total. The Balaban J connectivity index is 1.67. The molecule has 0 radical (unpaired) electrons. The van der Waals surface area contributed by atoms with Crippen LogP contribution in [-0.4, -0.2) is 24.0 Å². The van der Waals surface area contributed by atoms with Crippen molar-refractivity contribution in [2.24, 2.45) is 0 Å². The molecule has 1 aliphatic rings. The summed E-state index contributed by atoms with van der Waals surface area (Å²) >= 11 is 7.54.